The number of thiazole rings is 1. The molecule has 2 heterocycles. The van der Waals surface area contributed by atoms with Gasteiger partial charge in [-0.15, -0.1) is 0 Å². The average Bonchev–Trinajstić information content (AvgIpc) is 3.34. The highest BCUT2D eigenvalue weighted by molar-refractivity contribution is 14.1. The Morgan fingerprint density at radius 1 is 0.976 bits per heavy atom. The number of hydrogen-bond acceptors (Lipinski definition) is 5. The molecule has 5 aromatic rings. The zero-order chi connectivity index (χ0) is 28.6. The van der Waals surface area contributed by atoms with E-state index in [0.717, 1.165) is 43.6 Å². The number of halogens is 1. The lowest BCUT2D eigenvalue weighted by atomic mass is 9.83. The standard InChI is InChI=1S/C35H27IN2O3S/c1-40-29-19-23(18-28(36)33(29)41-21-22-10-4-2-5-11-22)20-30-34(39)38-32(25-13-6-3-7-14-25)27-17-16-24-12-8-9-15-26(24)31(27)37-35(38)42-30/h2-15,18-20,32H,16-17,21H2,1H3/b30-20-/t32-/m1/s1. The van der Waals surface area contributed by atoms with Crippen LogP contribution in [0.2, 0.25) is 0 Å². The third-order valence-corrected chi connectivity index (χ3v) is 9.55. The average molecular weight is 683 g/mol. The summed E-state index contributed by atoms with van der Waals surface area (Å²) in [5, 5.41) is 0. The summed E-state index contributed by atoms with van der Waals surface area (Å²) in [4.78, 5) is 19.9. The number of rotatable bonds is 6. The fourth-order valence-corrected chi connectivity index (χ4v) is 7.58. The van der Waals surface area contributed by atoms with Gasteiger partial charge in [-0.05, 0) is 81.5 Å². The maximum absolute atomic E-state index is 14.1. The van der Waals surface area contributed by atoms with Crippen LogP contribution in [0.3, 0.4) is 0 Å². The van der Waals surface area contributed by atoms with Crippen molar-refractivity contribution in [2.24, 2.45) is 4.99 Å². The molecule has 42 heavy (non-hydrogen) atoms. The maximum Gasteiger partial charge on any atom is 0.271 e. The highest BCUT2D eigenvalue weighted by Gasteiger charge is 2.32. The van der Waals surface area contributed by atoms with E-state index in [1.54, 1.807) is 7.11 Å². The Morgan fingerprint density at radius 2 is 1.71 bits per heavy atom. The molecule has 0 radical (unpaired) electrons. The van der Waals surface area contributed by atoms with Gasteiger partial charge in [0.2, 0.25) is 0 Å². The van der Waals surface area contributed by atoms with Crippen LogP contribution in [-0.4, -0.2) is 11.7 Å². The van der Waals surface area contributed by atoms with E-state index < -0.39 is 0 Å². The molecule has 208 valence electrons. The van der Waals surface area contributed by atoms with Gasteiger partial charge in [0.1, 0.15) is 6.61 Å². The summed E-state index contributed by atoms with van der Waals surface area (Å²) < 4.78 is 15.3. The Morgan fingerprint density at radius 3 is 2.50 bits per heavy atom. The van der Waals surface area contributed by atoms with E-state index in [9.17, 15) is 4.79 Å². The van der Waals surface area contributed by atoms with Crippen LogP contribution >= 0.6 is 33.9 Å². The van der Waals surface area contributed by atoms with Crippen molar-refractivity contribution in [3.63, 3.8) is 0 Å². The number of ether oxygens (including phenoxy) is 2. The summed E-state index contributed by atoms with van der Waals surface area (Å²) in [7, 11) is 1.64. The van der Waals surface area contributed by atoms with Gasteiger partial charge in [-0.2, -0.15) is 0 Å². The number of aryl methyl sites for hydroxylation is 1. The first kappa shape index (κ1) is 26.9. The van der Waals surface area contributed by atoms with Gasteiger partial charge >= 0.3 is 0 Å². The van der Waals surface area contributed by atoms with Crippen LogP contribution in [-0.2, 0) is 13.0 Å². The summed E-state index contributed by atoms with van der Waals surface area (Å²) in [5.41, 5.74) is 7.71. The quantitative estimate of drug-likeness (QED) is 0.192. The molecule has 0 saturated carbocycles. The fraction of sp³-hybridized carbons (Fsp3) is 0.143. The van der Waals surface area contributed by atoms with Crippen molar-refractivity contribution in [1.29, 1.82) is 0 Å². The topological polar surface area (TPSA) is 52.8 Å². The number of aromatic nitrogens is 1. The minimum Gasteiger partial charge on any atom is -0.493 e. The molecule has 7 rings (SSSR count). The molecule has 0 bridgehead atoms. The Kier molecular flexibility index (Phi) is 7.29. The summed E-state index contributed by atoms with van der Waals surface area (Å²) >= 11 is 3.71. The Balaban J connectivity index is 1.33. The molecule has 4 aromatic carbocycles. The van der Waals surface area contributed by atoms with E-state index in [1.165, 1.54) is 28.0 Å². The van der Waals surface area contributed by atoms with Crippen molar-refractivity contribution in [2.75, 3.05) is 7.11 Å². The molecule has 1 aromatic heterocycles. The molecule has 0 unspecified atom stereocenters. The van der Waals surface area contributed by atoms with Gasteiger partial charge in [-0.3, -0.25) is 9.36 Å². The van der Waals surface area contributed by atoms with Gasteiger partial charge < -0.3 is 9.47 Å². The first-order valence-electron chi connectivity index (χ1n) is 13.8. The molecule has 0 fully saturated rings. The van der Waals surface area contributed by atoms with Crippen LogP contribution in [0.15, 0.2) is 112 Å². The van der Waals surface area contributed by atoms with Crippen LogP contribution in [0.4, 0.5) is 0 Å². The van der Waals surface area contributed by atoms with Gasteiger partial charge in [-0.1, -0.05) is 96.3 Å². The predicted octanol–water partition coefficient (Wildman–Crippen LogP) is 6.51. The Labute approximate surface area is 261 Å². The zero-order valence-corrected chi connectivity index (χ0v) is 25.9. The fourth-order valence-electron chi connectivity index (χ4n) is 5.80. The van der Waals surface area contributed by atoms with Crippen molar-refractivity contribution >= 4 is 45.7 Å². The van der Waals surface area contributed by atoms with Crippen molar-refractivity contribution in [3.05, 3.63) is 154 Å². The number of allylic oxidation sites excluding steroid dienone is 1. The van der Waals surface area contributed by atoms with Crippen molar-refractivity contribution < 1.29 is 9.47 Å². The van der Waals surface area contributed by atoms with Crippen LogP contribution in [0, 0.1) is 3.57 Å². The van der Waals surface area contributed by atoms with Gasteiger partial charge in [-0.25, -0.2) is 4.99 Å². The molecule has 1 aliphatic carbocycles. The van der Waals surface area contributed by atoms with Crippen LogP contribution in [0.25, 0.3) is 11.8 Å². The molecule has 5 nitrogen and oxygen atoms in total. The Hall–Kier alpha value is -3.95. The smallest absolute Gasteiger partial charge is 0.271 e. The van der Waals surface area contributed by atoms with Gasteiger partial charge in [0.15, 0.2) is 16.3 Å². The second-order valence-electron chi connectivity index (χ2n) is 10.3. The van der Waals surface area contributed by atoms with E-state index in [4.69, 9.17) is 14.5 Å². The van der Waals surface area contributed by atoms with Gasteiger partial charge in [0, 0.05) is 5.56 Å². The van der Waals surface area contributed by atoms with Crippen molar-refractivity contribution in [2.45, 2.75) is 25.5 Å². The van der Waals surface area contributed by atoms with E-state index in [2.05, 4.69) is 59.0 Å². The lowest BCUT2D eigenvalue weighted by Gasteiger charge is -2.30. The summed E-state index contributed by atoms with van der Waals surface area (Å²) in [6.45, 7) is 0.443. The minimum atomic E-state index is -0.184. The second kappa shape index (κ2) is 11.4. The molecular weight excluding hydrogens is 655 g/mol. The third kappa shape index (κ3) is 4.90. The number of nitrogens with zero attached hydrogens (tertiary/aromatic N) is 2. The summed E-state index contributed by atoms with van der Waals surface area (Å²) in [6, 6.07) is 32.6. The Bertz CT molecular complexity index is 2010. The van der Waals surface area contributed by atoms with Gasteiger partial charge in [0.05, 0.1) is 27.0 Å². The molecule has 0 spiro atoms. The van der Waals surface area contributed by atoms with Gasteiger partial charge in [0.25, 0.3) is 5.56 Å². The number of hydrogen-bond donors (Lipinski definition) is 0. The molecule has 1 atom stereocenters. The van der Waals surface area contributed by atoms with E-state index in [1.807, 2.05) is 71.3 Å². The largest absolute Gasteiger partial charge is 0.493 e. The normalized spacial score (nSPS) is 15.9. The number of benzene rings is 4. The molecular formula is C35H27IN2O3S. The van der Waals surface area contributed by atoms with E-state index >= 15 is 0 Å². The molecule has 7 heteroatoms. The SMILES string of the molecule is COc1cc(/C=c2\sc3n(c2=O)[C@H](c2ccccc2)C2=C(N=3)c3ccccc3CC2)cc(I)c1OCc1ccccc1. The van der Waals surface area contributed by atoms with Crippen LogP contribution in [0.1, 0.15) is 40.3 Å². The highest BCUT2D eigenvalue weighted by Crippen LogP contribution is 2.41. The summed E-state index contributed by atoms with van der Waals surface area (Å²) in [6.07, 6.45) is 3.75. The molecule has 2 aliphatic rings. The lowest BCUT2D eigenvalue weighted by molar-refractivity contribution is 0.282. The molecule has 1 aliphatic heterocycles. The third-order valence-electron chi connectivity index (χ3n) is 7.76. The van der Waals surface area contributed by atoms with E-state index in [-0.39, 0.29) is 11.6 Å². The minimum absolute atomic E-state index is 0.0311. The number of methoxy groups -OCH3 is 1. The monoisotopic (exact) mass is 682 g/mol. The molecule has 0 amide bonds. The van der Waals surface area contributed by atoms with Crippen molar-refractivity contribution in [1.82, 2.24) is 4.57 Å². The summed E-state index contributed by atoms with van der Waals surface area (Å²) in [5.74, 6) is 1.32. The zero-order valence-electron chi connectivity index (χ0n) is 22.9. The molecule has 0 N–H and O–H groups in total. The van der Waals surface area contributed by atoms with Crippen molar-refractivity contribution in [3.8, 4) is 11.5 Å². The highest BCUT2D eigenvalue weighted by atomic mass is 127. The lowest BCUT2D eigenvalue weighted by Crippen LogP contribution is -2.38. The van der Waals surface area contributed by atoms with Crippen LogP contribution < -0.4 is 24.4 Å². The molecule has 0 saturated heterocycles. The van der Waals surface area contributed by atoms with Crippen LogP contribution in [0.5, 0.6) is 11.5 Å². The predicted molar refractivity (Wildman–Crippen MR) is 176 cm³/mol. The first-order valence-corrected chi connectivity index (χ1v) is 15.7. The maximum atomic E-state index is 14.1. The second-order valence-corrected chi connectivity index (χ2v) is 12.5. The number of fused-ring (bicyclic) bond motifs is 3. The first-order chi connectivity index (χ1) is 20.6. The van der Waals surface area contributed by atoms with E-state index in [0.29, 0.717) is 22.6 Å².